The predicted molar refractivity (Wildman–Crippen MR) is 33.6 cm³/mol. The second-order valence-corrected chi connectivity index (χ2v) is 3.34. The van der Waals surface area contributed by atoms with E-state index in [9.17, 15) is 5.11 Å². The Morgan fingerprint density at radius 3 is 2.38 bits per heavy atom. The van der Waals surface area contributed by atoms with Crippen LogP contribution in [-0.2, 0) is 0 Å². The highest BCUT2D eigenvalue weighted by Gasteiger charge is 2.29. The molecule has 1 fully saturated rings. The van der Waals surface area contributed by atoms with Gasteiger partial charge in [0.1, 0.15) is 0 Å². The van der Waals surface area contributed by atoms with E-state index in [4.69, 9.17) is 0 Å². The SMILES string of the molecule is C[C@@H]1CC[C@@](C)(O)C1. The Kier molecular flexibility index (Phi) is 1.31. The van der Waals surface area contributed by atoms with Crippen molar-refractivity contribution in [3.63, 3.8) is 0 Å². The monoisotopic (exact) mass is 114 g/mol. The Labute approximate surface area is 50.7 Å². The van der Waals surface area contributed by atoms with Gasteiger partial charge >= 0.3 is 0 Å². The number of hydrogen-bond acceptors (Lipinski definition) is 1. The summed E-state index contributed by atoms with van der Waals surface area (Å²) in [5.74, 6) is 0.741. The van der Waals surface area contributed by atoms with Crippen molar-refractivity contribution in [2.75, 3.05) is 0 Å². The van der Waals surface area contributed by atoms with E-state index < -0.39 is 0 Å². The molecule has 0 heterocycles. The van der Waals surface area contributed by atoms with Crippen LogP contribution in [0.1, 0.15) is 33.1 Å². The molecule has 1 heteroatoms. The summed E-state index contributed by atoms with van der Waals surface area (Å²) >= 11 is 0. The van der Waals surface area contributed by atoms with Gasteiger partial charge < -0.3 is 5.11 Å². The van der Waals surface area contributed by atoms with E-state index in [0.717, 1.165) is 18.8 Å². The molecule has 0 saturated heterocycles. The van der Waals surface area contributed by atoms with Gasteiger partial charge in [0.2, 0.25) is 0 Å². The zero-order valence-corrected chi connectivity index (χ0v) is 5.65. The first kappa shape index (κ1) is 6.09. The topological polar surface area (TPSA) is 20.2 Å². The molecule has 1 aliphatic rings. The number of rotatable bonds is 0. The minimum absolute atomic E-state index is 0.334. The van der Waals surface area contributed by atoms with E-state index in [1.807, 2.05) is 6.92 Å². The molecular weight excluding hydrogens is 100 g/mol. The summed E-state index contributed by atoms with van der Waals surface area (Å²) in [5, 5.41) is 9.36. The molecule has 1 N–H and O–H groups in total. The summed E-state index contributed by atoms with van der Waals surface area (Å²) in [7, 11) is 0. The predicted octanol–water partition coefficient (Wildman–Crippen LogP) is 1.56. The van der Waals surface area contributed by atoms with Crippen molar-refractivity contribution in [2.24, 2.45) is 5.92 Å². The Morgan fingerprint density at radius 2 is 2.25 bits per heavy atom. The second-order valence-electron chi connectivity index (χ2n) is 3.34. The van der Waals surface area contributed by atoms with Crippen molar-refractivity contribution in [3.8, 4) is 0 Å². The molecule has 1 saturated carbocycles. The van der Waals surface area contributed by atoms with Crippen LogP contribution in [0.4, 0.5) is 0 Å². The molecular formula is C7H14O. The summed E-state index contributed by atoms with van der Waals surface area (Å²) in [5.41, 5.74) is -0.334. The minimum atomic E-state index is -0.334. The molecule has 0 aromatic heterocycles. The Balaban J connectivity index is 2.44. The molecule has 1 aliphatic carbocycles. The van der Waals surface area contributed by atoms with E-state index >= 15 is 0 Å². The lowest BCUT2D eigenvalue weighted by molar-refractivity contribution is 0.0644. The van der Waals surface area contributed by atoms with Gasteiger partial charge in [0.05, 0.1) is 5.60 Å². The quantitative estimate of drug-likeness (QED) is 0.506. The number of hydrogen-bond donors (Lipinski definition) is 1. The summed E-state index contributed by atoms with van der Waals surface area (Å²) in [6.45, 7) is 4.12. The molecule has 48 valence electrons. The molecule has 0 unspecified atom stereocenters. The minimum Gasteiger partial charge on any atom is -0.390 e. The molecule has 1 rings (SSSR count). The van der Waals surface area contributed by atoms with Crippen LogP contribution in [0.2, 0.25) is 0 Å². The zero-order chi connectivity index (χ0) is 6.20. The van der Waals surface area contributed by atoms with Gasteiger partial charge in [0, 0.05) is 0 Å². The molecule has 2 atom stereocenters. The van der Waals surface area contributed by atoms with Crippen molar-refractivity contribution in [2.45, 2.75) is 38.7 Å². The molecule has 0 spiro atoms. The molecule has 0 amide bonds. The van der Waals surface area contributed by atoms with Crippen molar-refractivity contribution >= 4 is 0 Å². The fraction of sp³-hybridized carbons (Fsp3) is 1.00. The fourth-order valence-electron chi connectivity index (χ4n) is 1.51. The molecule has 8 heavy (non-hydrogen) atoms. The summed E-state index contributed by atoms with van der Waals surface area (Å²) in [4.78, 5) is 0. The molecule has 0 aromatic carbocycles. The van der Waals surface area contributed by atoms with Gasteiger partial charge in [-0.2, -0.15) is 0 Å². The maximum absolute atomic E-state index is 9.36. The highest BCUT2D eigenvalue weighted by atomic mass is 16.3. The Hall–Kier alpha value is -0.0400. The van der Waals surface area contributed by atoms with Gasteiger partial charge in [-0.15, -0.1) is 0 Å². The van der Waals surface area contributed by atoms with E-state index in [1.165, 1.54) is 6.42 Å². The highest BCUT2D eigenvalue weighted by Crippen LogP contribution is 2.33. The third-order valence-corrected chi connectivity index (χ3v) is 1.96. The van der Waals surface area contributed by atoms with E-state index in [1.54, 1.807) is 0 Å². The lowest BCUT2D eigenvalue weighted by atomic mass is 10.0. The van der Waals surface area contributed by atoms with Crippen LogP contribution in [0.3, 0.4) is 0 Å². The molecule has 1 nitrogen and oxygen atoms in total. The normalized spacial score (nSPS) is 47.6. The zero-order valence-electron chi connectivity index (χ0n) is 5.65. The maximum atomic E-state index is 9.36. The van der Waals surface area contributed by atoms with Crippen molar-refractivity contribution in [1.82, 2.24) is 0 Å². The molecule has 0 aliphatic heterocycles. The fourth-order valence-corrected chi connectivity index (χ4v) is 1.51. The first-order valence-corrected chi connectivity index (χ1v) is 3.32. The van der Waals surface area contributed by atoms with Crippen molar-refractivity contribution in [3.05, 3.63) is 0 Å². The van der Waals surface area contributed by atoms with Crippen LogP contribution >= 0.6 is 0 Å². The van der Waals surface area contributed by atoms with Crippen LogP contribution in [0.25, 0.3) is 0 Å². The average Bonchev–Trinajstić information content (AvgIpc) is 1.82. The van der Waals surface area contributed by atoms with Gasteiger partial charge in [0.25, 0.3) is 0 Å². The largest absolute Gasteiger partial charge is 0.390 e. The second kappa shape index (κ2) is 1.73. The van der Waals surface area contributed by atoms with Gasteiger partial charge in [-0.1, -0.05) is 6.92 Å². The van der Waals surface area contributed by atoms with Gasteiger partial charge in [-0.05, 0) is 32.1 Å². The van der Waals surface area contributed by atoms with Crippen LogP contribution in [0.15, 0.2) is 0 Å². The van der Waals surface area contributed by atoms with Crippen molar-refractivity contribution in [1.29, 1.82) is 0 Å². The summed E-state index contributed by atoms with van der Waals surface area (Å²) < 4.78 is 0. The lowest BCUT2D eigenvalue weighted by Crippen LogP contribution is -2.18. The van der Waals surface area contributed by atoms with E-state index in [2.05, 4.69) is 6.92 Å². The van der Waals surface area contributed by atoms with Crippen LogP contribution in [-0.4, -0.2) is 10.7 Å². The Morgan fingerprint density at radius 1 is 1.62 bits per heavy atom. The molecule has 0 bridgehead atoms. The van der Waals surface area contributed by atoms with Gasteiger partial charge in [0.15, 0.2) is 0 Å². The summed E-state index contributed by atoms with van der Waals surface area (Å²) in [6.07, 6.45) is 3.19. The highest BCUT2D eigenvalue weighted by molar-refractivity contribution is 4.82. The smallest absolute Gasteiger partial charge is 0.0622 e. The first-order valence-electron chi connectivity index (χ1n) is 3.32. The summed E-state index contributed by atoms with van der Waals surface area (Å²) in [6, 6.07) is 0. The Bertz CT molecular complexity index is 86.4. The average molecular weight is 114 g/mol. The van der Waals surface area contributed by atoms with Gasteiger partial charge in [-0.3, -0.25) is 0 Å². The van der Waals surface area contributed by atoms with Crippen molar-refractivity contribution < 1.29 is 5.11 Å². The third kappa shape index (κ3) is 1.22. The van der Waals surface area contributed by atoms with E-state index in [-0.39, 0.29) is 5.60 Å². The standard InChI is InChI=1S/C7H14O/c1-6-3-4-7(2,8)5-6/h6,8H,3-5H2,1-2H3/t6-,7-/m1/s1. The maximum Gasteiger partial charge on any atom is 0.0622 e. The lowest BCUT2D eigenvalue weighted by Gasteiger charge is -2.13. The molecule has 0 aromatic rings. The van der Waals surface area contributed by atoms with E-state index in [0.29, 0.717) is 0 Å². The third-order valence-electron chi connectivity index (χ3n) is 1.96. The first-order chi connectivity index (χ1) is 3.60. The van der Waals surface area contributed by atoms with Crippen LogP contribution in [0, 0.1) is 5.92 Å². The van der Waals surface area contributed by atoms with Gasteiger partial charge in [-0.25, -0.2) is 0 Å². The van der Waals surface area contributed by atoms with Crippen LogP contribution < -0.4 is 0 Å². The molecule has 0 radical (unpaired) electrons. The van der Waals surface area contributed by atoms with Crippen LogP contribution in [0.5, 0.6) is 0 Å². The number of aliphatic hydroxyl groups is 1.